The molecule has 204 valence electrons. The second kappa shape index (κ2) is 12.2. The molecule has 0 bridgehead atoms. The number of likely N-dealkylation sites (N-methyl/N-ethyl adjacent to an activating group) is 1. The third-order valence-corrected chi connectivity index (χ3v) is 7.52. The highest BCUT2D eigenvalue weighted by Gasteiger charge is 2.32. The third-order valence-electron chi connectivity index (χ3n) is 7.52. The van der Waals surface area contributed by atoms with E-state index in [2.05, 4.69) is 5.32 Å². The van der Waals surface area contributed by atoms with E-state index in [4.69, 9.17) is 0 Å². The smallest absolute Gasteiger partial charge is 0.258 e. The fourth-order valence-corrected chi connectivity index (χ4v) is 5.47. The Labute approximate surface area is 235 Å². The molecule has 0 saturated heterocycles. The molecule has 6 nitrogen and oxygen atoms in total. The van der Waals surface area contributed by atoms with E-state index >= 15 is 0 Å². The second-order valence-corrected chi connectivity index (χ2v) is 10.3. The van der Waals surface area contributed by atoms with Crippen molar-refractivity contribution in [3.8, 4) is 0 Å². The highest BCUT2D eigenvalue weighted by atomic mass is 16.2. The normalized spacial score (nSPS) is 12.9. The van der Waals surface area contributed by atoms with Gasteiger partial charge in [-0.25, -0.2) is 0 Å². The van der Waals surface area contributed by atoms with Crippen LogP contribution in [0.15, 0.2) is 91.0 Å². The van der Waals surface area contributed by atoms with Gasteiger partial charge in [0.15, 0.2) is 0 Å². The zero-order valence-electron chi connectivity index (χ0n) is 23.1. The molecule has 40 heavy (non-hydrogen) atoms. The molecule has 5 rings (SSSR count). The topological polar surface area (TPSA) is 69.7 Å². The minimum absolute atomic E-state index is 0.0277. The van der Waals surface area contributed by atoms with Gasteiger partial charge in [-0.2, -0.15) is 0 Å². The van der Waals surface area contributed by atoms with Crippen LogP contribution >= 0.6 is 0 Å². The lowest BCUT2D eigenvalue weighted by molar-refractivity contribution is -0.141. The van der Waals surface area contributed by atoms with Gasteiger partial charge < -0.3 is 15.1 Å². The summed E-state index contributed by atoms with van der Waals surface area (Å²) >= 11 is 0. The summed E-state index contributed by atoms with van der Waals surface area (Å²) in [7, 11) is 0. The van der Waals surface area contributed by atoms with Crippen molar-refractivity contribution in [2.45, 2.75) is 45.7 Å². The van der Waals surface area contributed by atoms with Crippen molar-refractivity contribution in [1.82, 2.24) is 10.2 Å². The fourth-order valence-electron chi connectivity index (χ4n) is 5.47. The van der Waals surface area contributed by atoms with Gasteiger partial charge in [0, 0.05) is 43.4 Å². The Bertz CT molecular complexity index is 1510. The van der Waals surface area contributed by atoms with Gasteiger partial charge in [-0.15, -0.1) is 0 Å². The molecule has 1 N–H and O–H groups in total. The Balaban J connectivity index is 1.36. The van der Waals surface area contributed by atoms with Gasteiger partial charge in [0.25, 0.3) is 5.91 Å². The van der Waals surface area contributed by atoms with E-state index in [9.17, 15) is 14.4 Å². The van der Waals surface area contributed by atoms with Gasteiger partial charge in [-0.05, 0) is 48.9 Å². The van der Waals surface area contributed by atoms with Gasteiger partial charge in [-0.1, -0.05) is 84.4 Å². The molecule has 0 saturated carbocycles. The van der Waals surface area contributed by atoms with E-state index < -0.39 is 6.04 Å². The van der Waals surface area contributed by atoms with Gasteiger partial charge in [0.1, 0.15) is 6.04 Å². The first kappa shape index (κ1) is 27.1. The maximum absolute atomic E-state index is 13.9. The lowest BCUT2D eigenvalue weighted by atomic mass is 10.0. The molecule has 0 fully saturated rings. The Hall–Kier alpha value is -4.45. The summed E-state index contributed by atoms with van der Waals surface area (Å²) in [5.41, 5.74) is 4.70. The Morgan fingerprint density at radius 3 is 2.33 bits per heavy atom. The molecule has 1 atom stereocenters. The molecule has 6 heteroatoms. The Morgan fingerprint density at radius 1 is 0.875 bits per heavy atom. The van der Waals surface area contributed by atoms with Gasteiger partial charge in [-0.3, -0.25) is 14.4 Å². The number of benzene rings is 4. The van der Waals surface area contributed by atoms with E-state index in [0.29, 0.717) is 38.0 Å². The maximum atomic E-state index is 13.9. The summed E-state index contributed by atoms with van der Waals surface area (Å²) < 4.78 is 0. The van der Waals surface area contributed by atoms with E-state index in [-0.39, 0.29) is 24.1 Å². The number of rotatable bonds is 11. The summed E-state index contributed by atoms with van der Waals surface area (Å²) in [6.45, 7) is 5.16. The molecule has 4 aromatic rings. The first-order valence-electron chi connectivity index (χ1n) is 14.0. The number of carbonyl (C=O) groups excluding carboxylic acids is 3. The van der Waals surface area contributed by atoms with Crippen molar-refractivity contribution < 1.29 is 14.4 Å². The zero-order valence-corrected chi connectivity index (χ0v) is 23.1. The lowest BCUT2D eigenvalue weighted by Gasteiger charge is -2.32. The zero-order chi connectivity index (χ0) is 28.1. The van der Waals surface area contributed by atoms with Crippen molar-refractivity contribution in [3.05, 3.63) is 113 Å². The lowest BCUT2D eigenvalue weighted by Crippen LogP contribution is -2.50. The average molecular weight is 534 g/mol. The largest absolute Gasteiger partial charge is 0.355 e. The van der Waals surface area contributed by atoms with Crippen LogP contribution in [-0.2, 0) is 22.6 Å². The van der Waals surface area contributed by atoms with Crippen molar-refractivity contribution in [3.63, 3.8) is 0 Å². The van der Waals surface area contributed by atoms with Crippen molar-refractivity contribution in [1.29, 1.82) is 0 Å². The molecule has 0 radical (unpaired) electrons. The number of hydrogen-bond acceptors (Lipinski definition) is 3. The molecule has 1 heterocycles. The number of carbonyl (C=O) groups is 3. The van der Waals surface area contributed by atoms with Gasteiger partial charge in [0.05, 0.1) is 5.69 Å². The summed E-state index contributed by atoms with van der Waals surface area (Å²) in [6, 6.07) is 28.9. The quantitative estimate of drug-likeness (QED) is 0.270. The predicted octanol–water partition coefficient (Wildman–Crippen LogP) is 5.66. The fraction of sp³-hybridized carbons (Fsp3) is 0.265. The molecule has 0 unspecified atom stereocenters. The number of hydrogen-bond donors (Lipinski definition) is 1. The summed E-state index contributed by atoms with van der Waals surface area (Å²) in [5, 5.41) is 4.95. The predicted molar refractivity (Wildman–Crippen MR) is 159 cm³/mol. The number of nitrogens with zero attached hydrogens (tertiary/aromatic N) is 2. The average Bonchev–Trinajstić information content (AvgIpc) is 3.24. The van der Waals surface area contributed by atoms with Crippen LogP contribution in [0.4, 0.5) is 5.69 Å². The summed E-state index contributed by atoms with van der Waals surface area (Å²) in [5.74, 6) is -0.293. The Kier molecular flexibility index (Phi) is 8.25. The SMILES string of the molecule is CCNC(=O)[C@H](Cc1ccccc1)N(Cc1ccc(C)cc1)C(=O)CCCN1C(=O)c2cccc3cccc1c23. The minimum Gasteiger partial charge on any atom is -0.355 e. The molecule has 3 amide bonds. The highest BCUT2D eigenvalue weighted by molar-refractivity contribution is 6.25. The Morgan fingerprint density at radius 2 is 1.60 bits per heavy atom. The number of aryl methyl sites for hydroxylation is 1. The minimum atomic E-state index is -0.650. The van der Waals surface area contributed by atoms with E-state index in [1.54, 1.807) is 9.80 Å². The first-order valence-corrected chi connectivity index (χ1v) is 14.0. The number of nitrogens with one attached hydrogen (secondary N) is 1. The van der Waals surface area contributed by atoms with Crippen LogP contribution in [0, 0.1) is 6.92 Å². The van der Waals surface area contributed by atoms with E-state index in [0.717, 1.165) is 33.2 Å². The van der Waals surface area contributed by atoms with Crippen molar-refractivity contribution in [2.75, 3.05) is 18.0 Å². The van der Waals surface area contributed by atoms with Gasteiger partial charge in [0.2, 0.25) is 11.8 Å². The molecular weight excluding hydrogens is 498 g/mol. The van der Waals surface area contributed by atoms with Crippen LogP contribution in [-0.4, -0.2) is 41.8 Å². The van der Waals surface area contributed by atoms with Crippen LogP contribution < -0.4 is 10.2 Å². The van der Waals surface area contributed by atoms with Crippen molar-refractivity contribution >= 4 is 34.2 Å². The van der Waals surface area contributed by atoms with Crippen LogP contribution in [0.2, 0.25) is 0 Å². The molecule has 1 aliphatic rings. The molecule has 0 aromatic heterocycles. The summed E-state index contributed by atoms with van der Waals surface area (Å²) in [4.78, 5) is 43.9. The van der Waals surface area contributed by atoms with E-state index in [1.165, 1.54) is 0 Å². The monoisotopic (exact) mass is 533 g/mol. The number of amides is 3. The molecule has 1 aliphatic heterocycles. The third kappa shape index (κ3) is 5.76. The van der Waals surface area contributed by atoms with Gasteiger partial charge >= 0.3 is 0 Å². The molecule has 0 aliphatic carbocycles. The second-order valence-electron chi connectivity index (χ2n) is 10.3. The van der Waals surface area contributed by atoms with Crippen LogP contribution in [0.1, 0.15) is 46.8 Å². The molecule has 4 aromatic carbocycles. The van der Waals surface area contributed by atoms with E-state index in [1.807, 2.05) is 105 Å². The maximum Gasteiger partial charge on any atom is 0.258 e. The summed E-state index contributed by atoms with van der Waals surface area (Å²) in [6.07, 6.45) is 1.14. The number of anilines is 1. The van der Waals surface area contributed by atoms with Crippen LogP contribution in [0.5, 0.6) is 0 Å². The van der Waals surface area contributed by atoms with Crippen LogP contribution in [0.25, 0.3) is 10.8 Å². The highest BCUT2D eigenvalue weighted by Crippen LogP contribution is 2.37. The van der Waals surface area contributed by atoms with Crippen molar-refractivity contribution in [2.24, 2.45) is 0 Å². The molecular formula is C34H35N3O3. The van der Waals surface area contributed by atoms with Crippen LogP contribution in [0.3, 0.4) is 0 Å². The standard InChI is InChI=1S/C34H35N3O3/c1-3-35-33(39)30(22-25-10-5-4-6-11-25)37(23-26-19-17-24(2)18-20-26)31(38)16-9-21-36-29-15-8-13-27-12-7-14-28(32(27)29)34(36)40/h4-8,10-15,17-20,30H,3,9,16,21-23H2,1-2H3,(H,35,39)/t30-/m0/s1. The molecule has 0 spiro atoms. The first-order chi connectivity index (χ1) is 19.5.